The van der Waals surface area contributed by atoms with Crippen LogP contribution in [0.2, 0.25) is 0 Å². The van der Waals surface area contributed by atoms with E-state index in [1.165, 1.54) is 0 Å². The van der Waals surface area contributed by atoms with E-state index in [0.29, 0.717) is 0 Å². The fourth-order valence-electron chi connectivity index (χ4n) is 0.956. The molecule has 0 aliphatic heterocycles. The van der Waals surface area contributed by atoms with Gasteiger partial charge in [0, 0.05) is 0 Å². The van der Waals surface area contributed by atoms with Gasteiger partial charge in [-0.3, -0.25) is 0 Å². The fourth-order valence-corrected chi connectivity index (χ4v) is 0.956. The zero-order valence-electron chi connectivity index (χ0n) is 10.7. The van der Waals surface area contributed by atoms with E-state index >= 15 is 0 Å². The van der Waals surface area contributed by atoms with Crippen LogP contribution < -0.4 is 0 Å². The Bertz CT molecular complexity index is 303. The van der Waals surface area contributed by atoms with Crippen LogP contribution in [0, 0.1) is 59.8 Å². The van der Waals surface area contributed by atoms with E-state index in [4.69, 9.17) is 0 Å². The molecule has 17 heavy (non-hydrogen) atoms. The molecular formula is C16H20U. The summed E-state index contributed by atoms with van der Waals surface area (Å²) in [5.74, 6) is 0. The molecule has 0 spiro atoms. The summed E-state index contributed by atoms with van der Waals surface area (Å²) >= 11 is 0. The van der Waals surface area contributed by atoms with Crippen LogP contribution in [-0.2, 0) is 0 Å². The van der Waals surface area contributed by atoms with Crippen LogP contribution in [0.4, 0.5) is 0 Å². The van der Waals surface area contributed by atoms with Gasteiger partial charge in [-0.15, -0.1) is 24.3 Å². The standard InChI is InChI=1S/2C7H7.2CH3.U/c2*1-7-5-3-2-4-6-7;;;/h2*2-6H,1H2;2*1H3;/q4*-1;+4. The first-order chi connectivity index (χ1) is 6.79. The molecule has 0 heterocycles. The number of hydrogen-bond acceptors (Lipinski definition) is 0. The molecule has 0 aliphatic rings. The van der Waals surface area contributed by atoms with Crippen LogP contribution in [-0.4, -0.2) is 0 Å². The van der Waals surface area contributed by atoms with Crippen LogP contribution in [0.5, 0.6) is 0 Å². The third-order valence-electron chi connectivity index (χ3n) is 1.69. The molecular weight excluding hydrogens is 430 g/mol. The Morgan fingerprint density at radius 2 is 0.765 bits per heavy atom. The monoisotopic (exact) mass is 450 g/mol. The van der Waals surface area contributed by atoms with Gasteiger partial charge in [0.1, 0.15) is 0 Å². The van der Waals surface area contributed by atoms with Crippen LogP contribution in [0.3, 0.4) is 0 Å². The van der Waals surface area contributed by atoms with Crippen LogP contribution in [0.25, 0.3) is 0 Å². The maximum atomic E-state index is 3.72. The molecule has 0 atom stereocenters. The third-order valence-corrected chi connectivity index (χ3v) is 1.69. The van der Waals surface area contributed by atoms with Gasteiger partial charge < -0.3 is 14.9 Å². The second-order valence-corrected chi connectivity index (χ2v) is 2.97. The van der Waals surface area contributed by atoms with E-state index in [2.05, 4.69) is 13.8 Å². The first kappa shape index (κ1) is 21.5. The molecule has 0 radical (unpaired) electrons. The summed E-state index contributed by atoms with van der Waals surface area (Å²) in [6.07, 6.45) is 0. The van der Waals surface area contributed by atoms with Gasteiger partial charge in [0.05, 0.1) is 0 Å². The summed E-state index contributed by atoms with van der Waals surface area (Å²) in [5.41, 5.74) is 2.14. The Kier molecular flexibility index (Phi) is 16.8. The van der Waals surface area contributed by atoms with Crippen molar-refractivity contribution in [3.8, 4) is 0 Å². The van der Waals surface area contributed by atoms with E-state index in [0.717, 1.165) is 11.1 Å². The first-order valence-corrected chi connectivity index (χ1v) is 4.53. The Morgan fingerprint density at radius 1 is 0.529 bits per heavy atom. The molecule has 1 heteroatoms. The zero-order valence-corrected chi connectivity index (χ0v) is 14.9. The second kappa shape index (κ2) is 13.3. The Hall–Kier alpha value is -0.768. The molecule has 2 aromatic rings. The quantitative estimate of drug-likeness (QED) is 0.514. The fraction of sp³-hybridized carbons (Fsp3) is 0. The Labute approximate surface area is 131 Å². The molecule has 0 bridgehead atoms. The smallest absolute Gasteiger partial charge is 0.358 e. The summed E-state index contributed by atoms with van der Waals surface area (Å²) in [5, 5.41) is 0. The molecule has 0 fully saturated rings. The van der Waals surface area contributed by atoms with Gasteiger partial charge in [-0.2, -0.15) is 49.2 Å². The molecule has 0 saturated carbocycles. The van der Waals surface area contributed by atoms with Gasteiger partial charge in [-0.1, -0.05) is 12.1 Å². The van der Waals surface area contributed by atoms with E-state index in [9.17, 15) is 0 Å². The van der Waals surface area contributed by atoms with Crippen molar-refractivity contribution in [1.29, 1.82) is 0 Å². The SMILES string of the molecule is [CH2-]c1ccccc1.[CH2-]c1ccccc1.[CH3-].[CH3-].[U+4]. The zero-order chi connectivity index (χ0) is 10.2. The molecule has 0 nitrogen and oxygen atoms in total. The van der Waals surface area contributed by atoms with Gasteiger partial charge in [-0.25, -0.2) is 0 Å². The van der Waals surface area contributed by atoms with Crippen LogP contribution >= 0.6 is 0 Å². The number of rotatable bonds is 0. The van der Waals surface area contributed by atoms with Gasteiger partial charge in [0.2, 0.25) is 0 Å². The largest absolute Gasteiger partial charge is 4.00 e. The summed E-state index contributed by atoms with van der Waals surface area (Å²) in [6, 6.07) is 19.7. The minimum Gasteiger partial charge on any atom is -0.358 e. The van der Waals surface area contributed by atoms with E-state index in [1.807, 2.05) is 60.7 Å². The number of hydrogen-bond donors (Lipinski definition) is 0. The Morgan fingerprint density at radius 3 is 0.882 bits per heavy atom. The van der Waals surface area contributed by atoms with Gasteiger partial charge in [0.15, 0.2) is 0 Å². The van der Waals surface area contributed by atoms with Gasteiger partial charge in [-0.05, 0) is 0 Å². The first-order valence-electron chi connectivity index (χ1n) is 4.53. The maximum Gasteiger partial charge on any atom is 4.00 e. The molecule has 2 rings (SSSR count). The predicted molar refractivity (Wildman–Crippen MR) is 74.6 cm³/mol. The van der Waals surface area contributed by atoms with Crippen molar-refractivity contribution in [1.82, 2.24) is 0 Å². The van der Waals surface area contributed by atoms with Crippen molar-refractivity contribution in [3.63, 3.8) is 0 Å². The second-order valence-electron chi connectivity index (χ2n) is 2.97. The topological polar surface area (TPSA) is 0 Å². The van der Waals surface area contributed by atoms with Crippen LogP contribution in [0.1, 0.15) is 11.1 Å². The minimum absolute atomic E-state index is 0. The summed E-state index contributed by atoms with van der Waals surface area (Å²) in [4.78, 5) is 0. The van der Waals surface area contributed by atoms with Crippen molar-refractivity contribution in [2.45, 2.75) is 0 Å². The van der Waals surface area contributed by atoms with Crippen molar-refractivity contribution < 1.29 is 31.1 Å². The average molecular weight is 450 g/mol. The number of benzene rings is 2. The molecule has 0 unspecified atom stereocenters. The van der Waals surface area contributed by atoms with Crippen molar-refractivity contribution >= 4 is 0 Å². The molecule has 0 amide bonds. The van der Waals surface area contributed by atoms with Crippen molar-refractivity contribution in [3.05, 3.63) is 100 Å². The summed E-state index contributed by atoms with van der Waals surface area (Å²) < 4.78 is 0. The predicted octanol–water partition coefficient (Wildman–Crippen LogP) is 4.64. The Balaban J connectivity index is -0.000000196. The molecule has 0 saturated heterocycles. The summed E-state index contributed by atoms with van der Waals surface area (Å²) in [7, 11) is 0. The normalized spacial score (nSPS) is 7.06. The van der Waals surface area contributed by atoms with E-state index in [1.54, 1.807) is 0 Å². The van der Waals surface area contributed by atoms with E-state index in [-0.39, 0.29) is 46.0 Å². The van der Waals surface area contributed by atoms with Crippen LogP contribution in [0.15, 0.2) is 60.7 Å². The van der Waals surface area contributed by atoms with Crippen molar-refractivity contribution in [2.75, 3.05) is 0 Å². The molecule has 0 aromatic heterocycles. The van der Waals surface area contributed by atoms with Gasteiger partial charge in [0.25, 0.3) is 0 Å². The van der Waals surface area contributed by atoms with Gasteiger partial charge >= 0.3 is 31.1 Å². The third kappa shape index (κ3) is 11.5. The minimum atomic E-state index is 0. The molecule has 0 aliphatic carbocycles. The maximum absolute atomic E-state index is 3.72. The molecule has 88 valence electrons. The van der Waals surface area contributed by atoms with E-state index < -0.39 is 0 Å². The van der Waals surface area contributed by atoms with Crippen molar-refractivity contribution in [2.24, 2.45) is 0 Å². The average Bonchev–Trinajstić information content (AvgIpc) is 2.21. The molecule has 2 aromatic carbocycles. The summed E-state index contributed by atoms with van der Waals surface area (Å²) in [6.45, 7) is 7.44. The molecule has 0 N–H and O–H groups in total.